The molecule has 31 heavy (non-hydrogen) atoms. The molecule has 1 aromatic heterocycles. The molecule has 0 radical (unpaired) electrons. The van der Waals surface area contributed by atoms with Gasteiger partial charge in [-0.3, -0.25) is 10.4 Å². The summed E-state index contributed by atoms with van der Waals surface area (Å²) in [5.41, 5.74) is 6.89. The molecular weight excluding hydrogens is 437 g/mol. The number of nitrogens with one attached hydrogen (secondary N) is 2. The van der Waals surface area contributed by atoms with Crippen LogP contribution in [-0.4, -0.2) is 44.2 Å². The Bertz CT molecular complexity index is 1130. The maximum atomic E-state index is 14.3. The second-order valence-corrected chi connectivity index (χ2v) is 8.83. The van der Waals surface area contributed by atoms with E-state index in [0.29, 0.717) is 11.3 Å². The van der Waals surface area contributed by atoms with Gasteiger partial charge in [0.15, 0.2) is 15.7 Å². The third-order valence-electron chi connectivity index (χ3n) is 4.47. The quantitative estimate of drug-likeness (QED) is 0.544. The van der Waals surface area contributed by atoms with E-state index in [2.05, 4.69) is 20.7 Å². The number of aromatic nitrogens is 2. The number of sulfone groups is 1. The second kappa shape index (κ2) is 8.59. The zero-order valence-electron chi connectivity index (χ0n) is 16.6. The van der Waals surface area contributed by atoms with E-state index in [0.717, 1.165) is 17.2 Å². The standard InChI is InChI=1S/C18H21F3N6O3S/c1-30-15-4-3-13(31(2,28)29)5-11(15)6-23-17-14(19)8-24-18(22,26-17)12-7-25-27(9-12)10-16(20)21/h3-5,7-9,16,23,26H,6,10,22H2,1-2H3. The Labute approximate surface area is 176 Å². The predicted octanol–water partition coefficient (Wildman–Crippen LogP) is 1.23. The van der Waals surface area contributed by atoms with Crippen LogP contribution in [0.15, 0.2) is 52.1 Å². The monoisotopic (exact) mass is 458 g/mol. The Morgan fingerprint density at radius 1 is 1.39 bits per heavy atom. The number of rotatable bonds is 8. The minimum Gasteiger partial charge on any atom is -0.496 e. The summed E-state index contributed by atoms with van der Waals surface area (Å²) >= 11 is 0. The number of nitrogens with two attached hydrogens (primary N) is 1. The average Bonchev–Trinajstić information content (AvgIpc) is 3.16. The van der Waals surface area contributed by atoms with Crippen molar-refractivity contribution in [2.24, 2.45) is 10.7 Å². The van der Waals surface area contributed by atoms with Crippen molar-refractivity contribution in [3.63, 3.8) is 0 Å². The number of hydrogen-bond donors (Lipinski definition) is 3. The number of benzene rings is 1. The summed E-state index contributed by atoms with van der Waals surface area (Å²) in [6.07, 6.45) is 1.91. The Kier molecular flexibility index (Phi) is 6.27. The van der Waals surface area contributed by atoms with Crippen molar-refractivity contribution >= 4 is 16.1 Å². The summed E-state index contributed by atoms with van der Waals surface area (Å²) in [6, 6.07) is 4.32. The molecule has 0 bridgehead atoms. The minimum absolute atomic E-state index is 0.00312. The van der Waals surface area contributed by atoms with Gasteiger partial charge in [-0.05, 0) is 18.2 Å². The molecule has 2 aromatic rings. The van der Waals surface area contributed by atoms with Crippen molar-refractivity contribution in [1.29, 1.82) is 0 Å². The summed E-state index contributed by atoms with van der Waals surface area (Å²) in [4.78, 5) is 4.00. The van der Waals surface area contributed by atoms with Gasteiger partial charge in [0.05, 0.1) is 30.0 Å². The Morgan fingerprint density at radius 3 is 2.77 bits per heavy atom. The number of aliphatic imine (C=N–C) groups is 1. The smallest absolute Gasteiger partial charge is 0.257 e. The molecule has 1 aromatic carbocycles. The highest BCUT2D eigenvalue weighted by Crippen LogP contribution is 2.25. The maximum Gasteiger partial charge on any atom is 0.257 e. The summed E-state index contributed by atoms with van der Waals surface area (Å²) in [5.74, 6) is -2.11. The molecular formula is C18H21F3N6O3S. The van der Waals surface area contributed by atoms with Crippen LogP contribution in [0.3, 0.4) is 0 Å². The van der Waals surface area contributed by atoms with Crippen molar-refractivity contribution in [3.8, 4) is 5.75 Å². The Morgan fingerprint density at radius 2 is 2.13 bits per heavy atom. The highest BCUT2D eigenvalue weighted by atomic mass is 32.2. The van der Waals surface area contributed by atoms with E-state index in [9.17, 15) is 21.6 Å². The van der Waals surface area contributed by atoms with Gasteiger partial charge in [-0.1, -0.05) is 0 Å². The number of methoxy groups -OCH3 is 1. The lowest BCUT2D eigenvalue weighted by Crippen LogP contribution is -2.52. The van der Waals surface area contributed by atoms with E-state index in [1.807, 2.05) is 0 Å². The summed E-state index contributed by atoms with van der Waals surface area (Å²) in [7, 11) is -2.03. The Hall–Kier alpha value is -3.06. The normalized spacial score (nSPS) is 18.9. The molecule has 1 atom stereocenters. The van der Waals surface area contributed by atoms with Crippen molar-refractivity contribution in [1.82, 2.24) is 20.4 Å². The van der Waals surface area contributed by atoms with Crippen LogP contribution in [0.1, 0.15) is 11.1 Å². The molecule has 1 unspecified atom stereocenters. The highest BCUT2D eigenvalue weighted by molar-refractivity contribution is 7.90. The van der Waals surface area contributed by atoms with Crippen LogP contribution in [-0.2, 0) is 28.7 Å². The van der Waals surface area contributed by atoms with Gasteiger partial charge in [0.1, 0.15) is 18.1 Å². The minimum atomic E-state index is -3.45. The van der Waals surface area contributed by atoms with E-state index in [1.54, 1.807) is 0 Å². The molecule has 1 aliphatic heterocycles. The zero-order valence-corrected chi connectivity index (χ0v) is 17.5. The topological polar surface area (TPSA) is 124 Å². The molecule has 4 N–H and O–H groups in total. The Balaban J connectivity index is 1.80. The molecule has 3 rings (SSSR count). The van der Waals surface area contributed by atoms with E-state index < -0.39 is 34.4 Å². The fourth-order valence-electron chi connectivity index (χ4n) is 2.89. The molecule has 0 spiro atoms. The largest absolute Gasteiger partial charge is 0.496 e. The summed E-state index contributed by atoms with van der Waals surface area (Å²) in [5, 5.41) is 9.30. The van der Waals surface area contributed by atoms with Crippen LogP contribution in [0, 0.1) is 0 Å². The molecule has 0 amide bonds. The molecule has 13 heteroatoms. The summed E-state index contributed by atoms with van der Waals surface area (Å²) < 4.78 is 69.3. The molecule has 2 heterocycles. The molecule has 168 valence electrons. The fourth-order valence-corrected chi connectivity index (χ4v) is 3.56. The summed E-state index contributed by atoms with van der Waals surface area (Å²) in [6.45, 7) is -0.623. The number of alkyl halides is 2. The lowest BCUT2D eigenvalue weighted by atomic mass is 10.1. The SMILES string of the molecule is COc1ccc(S(C)(=O)=O)cc1CNC1=C(F)C=NC(N)(c2cnn(CC(F)F)c2)N1. The zero-order chi connectivity index (χ0) is 22.8. The number of ether oxygens (including phenoxy) is 1. The van der Waals surface area contributed by atoms with Crippen LogP contribution in [0.2, 0.25) is 0 Å². The van der Waals surface area contributed by atoms with E-state index in [4.69, 9.17) is 10.5 Å². The lowest BCUT2D eigenvalue weighted by molar-refractivity contribution is 0.121. The molecule has 0 aliphatic carbocycles. The van der Waals surface area contributed by atoms with Gasteiger partial charge in [0.25, 0.3) is 6.43 Å². The van der Waals surface area contributed by atoms with Crippen molar-refractivity contribution in [2.45, 2.75) is 30.2 Å². The van der Waals surface area contributed by atoms with Crippen LogP contribution >= 0.6 is 0 Å². The molecule has 9 nitrogen and oxygen atoms in total. The van der Waals surface area contributed by atoms with Crippen LogP contribution in [0.4, 0.5) is 13.2 Å². The van der Waals surface area contributed by atoms with Gasteiger partial charge >= 0.3 is 0 Å². The van der Waals surface area contributed by atoms with Gasteiger partial charge < -0.3 is 15.4 Å². The van der Waals surface area contributed by atoms with Crippen molar-refractivity contribution in [2.75, 3.05) is 13.4 Å². The third-order valence-corrected chi connectivity index (χ3v) is 5.58. The van der Waals surface area contributed by atoms with Gasteiger partial charge in [-0.25, -0.2) is 26.6 Å². The number of nitrogens with zero attached hydrogens (tertiary/aromatic N) is 3. The molecule has 1 aliphatic rings. The molecule has 0 fully saturated rings. The first-order chi connectivity index (χ1) is 14.5. The van der Waals surface area contributed by atoms with Gasteiger partial charge in [-0.15, -0.1) is 0 Å². The average molecular weight is 458 g/mol. The first-order valence-electron chi connectivity index (χ1n) is 8.96. The van der Waals surface area contributed by atoms with Crippen molar-refractivity contribution in [3.05, 3.63) is 53.4 Å². The van der Waals surface area contributed by atoms with E-state index >= 15 is 0 Å². The van der Waals surface area contributed by atoms with Crippen LogP contribution in [0.25, 0.3) is 0 Å². The van der Waals surface area contributed by atoms with Gasteiger partial charge in [0.2, 0.25) is 5.79 Å². The number of halogens is 3. The number of allylic oxidation sites excluding steroid dienone is 1. The number of hydrogen-bond acceptors (Lipinski definition) is 8. The van der Waals surface area contributed by atoms with Crippen molar-refractivity contribution < 1.29 is 26.3 Å². The maximum absolute atomic E-state index is 14.3. The highest BCUT2D eigenvalue weighted by Gasteiger charge is 2.32. The van der Waals surface area contributed by atoms with E-state index in [-0.39, 0.29) is 22.8 Å². The first kappa shape index (κ1) is 22.6. The van der Waals surface area contributed by atoms with Crippen LogP contribution < -0.4 is 21.1 Å². The lowest BCUT2D eigenvalue weighted by Gasteiger charge is -2.31. The van der Waals surface area contributed by atoms with Gasteiger partial charge in [0, 0.05) is 24.6 Å². The van der Waals surface area contributed by atoms with Gasteiger partial charge in [-0.2, -0.15) is 5.10 Å². The van der Waals surface area contributed by atoms with E-state index in [1.165, 1.54) is 37.7 Å². The first-order valence-corrected chi connectivity index (χ1v) is 10.8. The predicted molar refractivity (Wildman–Crippen MR) is 107 cm³/mol. The van der Waals surface area contributed by atoms with Crippen LogP contribution in [0.5, 0.6) is 5.75 Å². The second-order valence-electron chi connectivity index (χ2n) is 6.81. The third kappa shape index (κ3) is 5.17. The molecule has 0 saturated heterocycles. The fraction of sp³-hybridized carbons (Fsp3) is 0.333. The molecule has 0 saturated carbocycles.